The standard InChI is InChI=1S/C11H24N2O/c1-4-11(5-2,9-12)13-6-7-14-10(3)8-13/h10H,4-9,12H2,1-3H3. The molecule has 0 aromatic heterocycles. The minimum Gasteiger partial charge on any atom is -0.376 e. The van der Waals surface area contributed by atoms with Crippen LogP contribution in [0.25, 0.3) is 0 Å². The van der Waals surface area contributed by atoms with Crippen molar-refractivity contribution in [1.29, 1.82) is 0 Å². The third kappa shape index (κ3) is 2.27. The van der Waals surface area contributed by atoms with E-state index in [9.17, 15) is 0 Å². The smallest absolute Gasteiger partial charge is 0.0674 e. The van der Waals surface area contributed by atoms with Gasteiger partial charge in [-0.2, -0.15) is 0 Å². The third-order valence-electron chi connectivity index (χ3n) is 3.61. The molecule has 3 heteroatoms. The number of hydrogen-bond acceptors (Lipinski definition) is 3. The van der Waals surface area contributed by atoms with E-state index in [1.54, 1.807) is 0 Å². The number of nitrogens with zero attached hydrogens (tertiary/aromatic N) is 1. The van der Waals surface area contributed by atoms with Crippen molar-refractivity contribution >= 4 is 0 Å². The molecule has 0 spiro atoms. The zero-order chi connectivity index (χ0) is 10.6. The fourth-order valence-electron chi connectivity index (χ4n) is 2.36. The van der Waals surface area contributed by atoms with E-state index >= 15 is 0 Å². The first kappa shape index (κ1) is 12.0. The molecule has 2 N–H and O–H groups in total. The molecular formula is C11H24N2O. The first-order valence-electron chi connectivity index (χ1n) is 5.75. The highest BCUT2D eigenvalue weighted by atomic mass is 16.5. The predicted octanol–water partition coefficient (Wildman–Crippen LogP) is 1.22. The van der Waals surface area contributed by atoms with Crippen molar-refractivity contribution in [1.82, 2.24) is 4.90 Å². The maximum absolute atomic E-state index is 5.92. The number of hydrogen-bond donors (Lipinski definition) is 1. The van der Waals surface area contributed by atoms with Gasteiger partial charge < -0.3 is 10.5 Å². The Morgan fingerprint density at radius 2 is 2.07 bits per heavy atom. The predicted molar refractivity (Wildman–Crippen MR) is 59.4 cm³/mol. The van der Waals surface area contributed by atoms with Gasteiger partial charge in [0.05, 0.1) is 12.7 Å². The lowest BCUT2D eigenvalue weighted by molar-refractivity contribution is -0.0629. The minimum atomic E-state index is 0.206. The van der Waals surface area contributed by atoms with E-state index < -0.39 is 0 Å². The topological polar surface area (TPSA) is 38.5 Å². The number of nitrogens with two attached hydrogens (primary N) is 1. The fraction of sp³-hybridized carbons (Fsp3) is 1.00. The van der Waals surface area contributed by atoms with E-state index in [0.29, 0.717) is 6.10 Å². The highest BCUT2D eigenvalue weighted by Crippen LogP contribution is 2.24. The van der Waals surface area contributed by atoms with Crippen LogP contribution >= 0.6 is 0 Å². The molecule has 0 aromatic carbocycles. The Hall–Kier alpha value is -0.120. The monoisotopic (exact) mass is 200 g/mol. The van der Waals surface area contributed by atoms with Crippen LogP contribution in [-0.4, -0.2) is 42.8 Å². The lowest BCUT2D eigenvalue weighted by Gasteiger charge is -2.46. The Labute approximate surface area is 87.6 Å². The molecule has 0 aromatic rings. The number of rotatable bonds is 4. The lowest BCUT2D eigenvalue weighted by Crippen LogP contribution is -2.58. The normalized spacial score (nSPS) is 25.3. The summed E-state index contributed by atoms with van der Waals surface area (Å²) in [6, 6.07) is 0. The molecule has 0 radical (unpaired) electrons. The van der Waals surface area contributed by atoms with Crippen molar-refractivity contribution in [3.8, 4) is 0 Å². The molecule has 1 heterocycles. The molecule has 3 nitrogen and oxygen atoms in total. The molecule has 0 saturated carbocycles. The van der Waals surface area contributed by atoms with Crippen LogP contribution in [0.4, 0.5) is 0 Å². The SMILES string of the molecule is CCC(CC)(CN)N1CCOC(C)C1. The van der Waals surface area contributed by atoms with Gasteiger partial charge in [0.2, 0.25) is 0 Å². The molecule has 1 rings (SSSR count). The van der Waals surface area contributed by atoms with Gasteiger partial charge >= 0.3 is 0 Å². The van der Waals surface area contributed by atoms with Crippen LogP contribution in [0, 0.1) is 0 Å². The van der Waals surface area contributed by atoms with Crippen LogP contribution in [0.1, 0.15) is 33.6 Å². The second-order valence-electron chi connectivity index (χ2n) is 4.26. The largest absolute Gasteiger partial charge is 0.376 e. The molecular weight excluding hydrogens is 176 g/mol. The average molecular weight is 200 g/mol. The molecule has 1 fully saturated rings. The minimum absolute atomic E-state index is 0.206. The molecule has 1 atom stereocenters. The van der Waals surface area contributed by atoms with Gasteiger partial charge in [-0.1, -0.05) is 13.8 Å². The second-order valence-corrected chi connectivity index (χ2v) is 4.26. The summed E-state index contributed by atoms with van der Waals surface area (Å²) < 4.78 is 5.55. The molecule has 1 unspecified atom stereocenters. The fourth-order valence-corrected chi connectivity index (χ4v) is 2.36. The van der Waals surface area contributed by atoms with Gasteiger partial charge in [-0.05, 0) is 19.8 Å². The quantitative estimate of drug-likeness (QED) is 0.741. The van der Waals surface area contributed by atoms with E-state index in [2.05, 4.69) is 25.7 Å². The molecule has 0 bridgehead atoms. The summed E-state index contributed by atoms with van der Waals surface area (Å²) in [7, 11) is 0. The first-order chi connectivity index (χ1) is 6.68. The lowest BCUT2D eigenvalue weighted by atomic mass is 9.90. The van der Waals surface area contributed by atoms with Gasteiger partial charge in [0.25, 0.3) is 0 Å². The van der Waals surface area contributed by atoms with Crippen molar-refractivity contribution in [2.45, 2.75) is 45.3 Å². The van der Waals surface area contributed by atoms with E-state index in [-0.39, 0.29) is 5.54 Å². The van der Waals surface area contributed by atoms with E-state index in [0.717, 1.165) is 39.1 Å². The molecule has 1 saturated heterocycles. The van der Waals surface area contributed by atoms with Crippen LogP contribution in [0.2, 0.25) is 0 Å². The van der Waals surface area contributed by atoms with Gasteiger partial charge in [-0.15, -0.1) is 0 Å². The van der Waals surface area contributed by atoms with Gasteiger partial charge in [-0.25, -0.2) is 0 Å². The summed E-state index contributed by atoms with van der Waals surface area (Å²) in [5.74, 6) is 0. The second kappa shape index (κ2) is 5.10. The summed E-state index contributed by atoms with van der Waals surface area (Å²) in [6.45, 7) is 10.3. The number of morpholine rings is 1. The van der Waals surface area contributed by atoms with Gasteiger partial charge in [-0.3, -0.25) is 4.90 Å². The number of ether oxygens (including phenoxy) is 1. The zero-order valence-electron chi connectivity index (χ0n) is 9.75. The molecule has 0 aliphatic carbocycles. The van der Waals surface area contributed by atoms with Crippen LogP contribution in [0.15, 0.2) is 0 Å². The van der Waals surface area contributed by atoms with Crippen molar-refractivity contribution in [3.63, 3.8) is 0 Å². The maximum atomic E-state index is 5.92. The van der Waals surface area contributed by atoms with Crippen molar-refractivity contribution in [2.24, 2.45) is 5.73 Å². The van der Waals surface area contributed by atoms with Crippen molar-refractivity contribution in [3.05, 3.63) is 0 Å². The van der Waals surface area contributed by atoms with Crippen LogP contribution in [-0.2, 0) is 4.74 Å². The Kier molecular flexibility index (Phi) is 4.35. The molecule has 14 heavy (non-hydrogen) atoms. The highest BCUT2D eigenvalue weighted by molar-refractivity contribution is 4.91. The Morgan fingerprint density at radius 3 is 2.50 bits per heavy atom. The van der Waals surface area contributed by atoms with Gasteiger partial charge in [0, 0.05) is 25.2 Å². The van der Waals surface area contributed by atoms with Gasteiger partial charge in [0.1, 0.15) is 0 Å². The Bertz CT molecular complexity index is 160. The maximum Gasteiger partial charge on any atom is 0.0674 e. The van der Waals surface area contributed by atoms with Gasteiger partial charge in [0.15, 0.2) is 0 Å². The van der Waals surface area contributed by atoms with E-state index in [1.165, 1.54) is 0 Å². The summed E-state index contributed by atoms with van der Waals surface area (Å²) in [5.41, 5.74) is 6.13. The van der Waals surface area contributed by atoms with Crippen LogP contribution in [0.5, 0.6) is 0 Å². The van der Waals surface area contributed by atoms with Crippen LogP contribution < -0.4 is 5.73 Å². The third-order valence-corrected chi connectivity index (χ3v) is 3.61. The summed E-state index contributed by atoms with van der Waals surface area (Å²) in [6.07, 6.45) is 2.62. The first-order valence-corrected chi connectivity index (χ1v) is 5.75. The van der Waals surface area contributed by atoms with Crippen molar-refractivity contribution < 1.29 is 4.74 Å². The van der Waals surface area contributed by atoms with E-state index in [1.807, 2.05) is 0 Å². The summed E-state index contributed by atoms with van der Waals surface area (Å²) in [4.78, 5) is 2.52. The molecule has 1 aliphatic rings. The molecule has 1 aliphatic heterocycles. The highest BCUT2D eigenvalue weighted by Gasteiger charge is 2.34. The van der Waals surface area contributed by atoms with E-state index in [4.69, 9.17) is 10.5 Å². The Balaban J connectivity index is 2.66. The van der Waals surface area contributed by atoms with Crippen LogP contribution in [0.3, 0.4) is 0 Å². The summed E-state index contributed by atoms with van der Waals surface area (Å²) >= 11 is 0. The molecule has 84 valence electrons. The zero-order valence-corrected chi connectivity index (χ0v) is 9.75. The average Bonchev–Trinajstić information content (AvgIpc) is 2.22. The Morgan fingerprint density at radius 1 is 1.43 bits per heavy atom. The van der Waals surface area contributed by atoms with Crippen molar-refractivity contribution in [2.75, 3.05) is 26.2 Å². The molecule has 0 amide bonds. The summed E-state index contributed by atoms with van der Waals surface area (Å²) in [5, 5.41) is 0.